The molecule has 0 aliphatic carbocycles. The van der Waals surface area contributed by atoms with E-state index < -0.39 is 42.7 Å². The Morgan fingerprint density at radius 2 is 1.94 bits per heavy atom. The lowest BCUT2D eigenvalue weighted by Gasteiger charge is -2.15. The molecule has 0 bridgehead atoms. The first-order valence-electron chi connectivity index (χ1n) is 4.50. The van der Waals surface area contributed by atoms with Crippen molar-refractivity contribution in [3.05, 3.63) is 28.6 Å². The monoisotopic (exact) mass is 256 g/mol. The number of halogens is 5. The Labute approximate surface area is 93.1 Å². The van der Waals surface area contributed by atoms with Crippen LogP contribution in [0.5, 0.6) is 0 Å². The number of hydrogen-bond donors (Lipinski definition) is 2. The Hall–Kier alpha value is -1.28. The second kappa shape index (κ2) is 4.92. The standard InChI is InChI=1S/C9H9F5N2O/c10-8(11)7-4(2-15)1-5(9(12,13)14)6(3-17)16-7/h1,8,17H,2-3,15H2. The number of nitrogens with two attached hydrogens (primary N) is 1. The van der Waals surface area contributed by atoms with Gasteiger partial charge in [0.1, 0.15) is 5.69 Å². The van der Waals surface area contributed by atoms with Crippen molar-refractivity contribution in [3.8, 4) is 0 Å². The molecule has 0 unspecified atom stereocenters. The minimum Gasteiger partial charge on any atom is -0.390 e. The zero-order valence-electron chi connectivity index (χ0n) is 8.43. The van der Waals surface area contributed by atoms with Gasteiger partial charge in [-0.25, -0.2) is 13.8 Å². The van der Waals surface area contributed by atoms with Gasteiger partial charge in [0.2, 0.25) is 0 Å². The maximum atomic E-state index is 12.5. The largest absolute Gasteiger partial charge is 0.418 e. The summed E-state index contributed by atoms with van der Waals surface area (Å²) in [5, 5.41) is 8.71. The minimum atomic E-state index is -4.77. The Kier molecular flexibility index (Phi) is 3.99. The summed E-state index contributed by atoms with van der Waals surface area (Å²) in [6, 6.07) is 0.500. The van der Waals surface area contributed by atoms with Gasteiger partial charge in [-0.3, -0.25) is 0 Å². The summed E-state index contributed by atoms with van der Waals surface area (Å²) in [5.74, 6) is 0. The van der Waals surface area contributed by atoms with Gasteiger partial charge in [0.15, 0.2) is 0 Å². The Morgan fingerprint density at radius 1 is 1.35 bits per heavy atom. The summed E-state index contributed by atoms with van der Waals surface area (Å²) < 4.78 is 62.5. The number of hydrogen-bond acceptors (Lipinski definition) is 3. The van der Waals surface area contributed by atoms with Crippen LogP contribution < -0.4 is 5.73 Å². The van der Waals surface area contributed by atoms with Crippen LogP contribution in [0.2, 0.25) is 0 Å². The molecule has 96 valence electrons. The predicted octanol–water partition coefficient (Wildman–Crippen LogP) is 1.99. The van der Waals surface area contributed by atoms with Gasteiger partial charge in [-0.1, -0.05) is 0 Å². The first kappa shape index (κ1) is 13.8. The van der Waals surface area contributed by atoms with Crippen LogP contribution in [0, 0.1) is 0 Å². The molecule has 1 aromatic rings. The smallest absolute Gasteiger partial charge is 0.390 e. The van der Waals surface area contributed by atoms with E-state index in [1.165, 1.54) is 0 Å². The van der Waals surface area contributed by atoms with Crippen LogP contribution >= 0.6 is 0 Å². The average Bonchev–Trinajstić information content (AvgIpc) is 2.25. The van der Waals surface area contributed by atoms with Crippen molar-refractivity contribution in [2.24, 2.45) is 5.73 Å². The van der Waals surface area contributed by atoms with Gasteiger partial charge >= 0.3 is 6.18 Å². The van der Waals surface area contributed by atoms with Crippen LogP contribution in [0.3, 0.4) is 0 Å². The van der Waals surface area contributed by atoms with Crippen molar-refractivity contribution in [2.75, 3.05) is 0 Å². The fourth-order valence-electron chi connectivity index (χ4n) is 1.33. The molecule has 1 aromatic heterocycles. The molecule has 17 heavy (non-hydrogen) atoms. The highest BCUT2D eigenvalue weighted by molar-refractivity contribution is 5.33. The SMILES string of the molecule is NCc1cc(C(F)(F)F)c(CO)nc1C(F)F. The number of aliphatic hydroxyl groups excluding tert-OH is 1. The van der Waals surface area contributed by atoms with Crippen molar-refractivity contribution >= 4 is 0 Å². The molecule has 1 rings (SSSR count). The van der Waals surface area contributed by atoms with E-state index in [1.54, 1.807) is 0 Å². The van der Waals surface area contributed by atoms with Gasteiger partial charge in [0.25, 0.3) is 6.43 Å². The van der Waals surface area contributed by atoms with Crippen molar-refractivity contribution < 1.29 is 27.1 Å². The molecule has 3 N–H and O–H groups in total. The molecule has 0 spiro atoms. The zero-order valence-corrected chi connectivity index (χ0v) is 8.43. The summed E-state index contributed by atoms with van der Waals surface area (Å²) in [4.78, 5) is 3.13. The lowest BCUT2D eigenvalue weighted by Crippen LogP contribution is -2.16. The van der Waals surface area contributed by atoms with Crippen molar-refractivity contribution in [3.63, 3.8) is 0 Å². The summed E-state index contributed by atoms with van der Waals surface area (Å²) >= 11 is 0. The third-order valence-corrected chi connectivity index (χ3v) is 2.10. The van der Waals surface area contributed by atoms with E-state index in [1.807, 2.05) is 0 Å². The maximum absolute atomic E-state index is 12.5. The van der Waals surface area contributed by atoms with Crippen LogP contribution in [0.4, 0.5) is 22.0 Å². The van der Waals surface area contributed by atoms with Crippen molar-refractivity contribution in [2.45, 2.75) is 25.8 Å². The second-order valence-electron chi connectivity index (χ2n) is 3.19. The summed E-state index contributed by atoms with van der Waals surface area (Å²) in [5.41, 5.74) is 1.80. The van der Waals surface area contributed by atoms with E-state index in [-0.39, 0.29) is 5.56 Å². The minimum absolute atomic E-state index is 0.385. The topological polar surface area (TPSA) is 59.1 Å². The third kappa shape index (κ3) is 2.89. The van der Waals surface area contributed by atoms with E-state index in [4.69, 9.17) is 10.8 Å². The highest BCUT2D eigenvalue weighted by Crippen LogP contribution is 2.34. The lowest BCUT2D eigenvalue weighted by molar-refractivity contribution is -0.139. The van der Waals surface area contributed by atoms with Gasteiger partial charge < -0.3 is 10.8 Å². The van der Waals surface area contributed by atoms with E-state index in [0.29, 0.717) is 6.07 Å². The molecule has 0 saturated heterocycles. The Morgan fingerprint density at radius 3 is 2.29 bits per heavy atom. The molecule has 3 nitrogen and oxygen atoms in total. The number of nitrogens with zero attached hydrogens (tertiary/aromatic N) is 1. The van der Waals surface area contributed by atoms with E-state index >= 15 is 0 Å². The zero-order chi connectivity index (χ0) is 13.2. The molecule has 8 heteroatoms. The number of aromatic nitrogens is 1. The number of rotatable bonds is 3. The molecule has 0 radical (unpaired) electrons. The van der Waals surface area contributed by atoms with Crippen LogP contribution in [-0.4, -0.2) is 10.1 Å². The fourth-order valence-corrected chi connectivity index (χ4v) is 1.33. The molecule has 0 aromatic carbocycles. The molecule has 0 atom stereocenters. The highest BCUT2D eigenvalue weighted by Gasteiger charge is 2.35. The highest BCUT2D eigenvalue weighted by atomic mass is 19.4. The van der Waals surface area contributed by atoms with Gasteiger partial charge in [-0.15, -0.1) is 0 Å². The fraction of sp³-hybridized carbons (Fsp3) is 0.444. The average molecular weight is 256 g/mol. The summed E-state index contributed by atoms with van der Waals surface area (Å²) in [6.07, 6.45) is -7.81. The molecular weight excluding hydrogens is 247 g/mol. The molecule has 0 aliphatic heterocycles. The predicted molar refractivity (Wildman–Crippen MR) is 48.0 cm³/mol. The van der Waals surface area contributed by atoms with Gasteiger partial charge in [-0.2, -0.15) is 13.2 Å². The summed E-state index contributed by atoms with van der Waals surface area (Å²) in [6.45, 7) is -1.55. The Bertz CT molecular complexity index is 405. The van der Waals surface area contributed by atoms with Gasteiger partial charge in [0, 0.05) is 6.54 Å². The first-order valence-corrected chi connectivity index (χ1v) is 4.50. The van der Waals surface area contributed by atoms with Crippen molar-refractivity contribution in [1.29, 1.82) is 0 Å². The Balaban J connectivity index is 3.44. The van der Waals surface area contributed by atoms with E-state index in [2.05, 4.69) is 4.98 Å². The quantitative estimate of drug-likeness (QED) is 0.813. The molecule has 0 aliphatic rings. The third-order valence-electron chi connectivity index (χ3n) is 2.10. The summed E-state index contributed by atoms with van der Waals surface area (Å²) in [7, 11) is 0. The molecule has 1 heterocycles. The van der Waals surface area contributed by atoms with Crippen LogP contribution in [0.25, 0.3) is 0 Å². The molecule has 0 saturated carbocycles. The lowest BCUT2D eigenvalue weighted by atomic mass is 10.1. The first-order chi connectivity index (χ1) is 7.81. The van der Waals surface area contributed by atoms with Crippen LogP contribution in [0.1, 0.15) is 28.9 Å². The van der Waals surface area contributed by atoms with Gasteiger partial charge in [-0.05, 0) is 11.6 Å². The maximum Gasteiger partial charge on any atom is 0.418 e. The molecular formula is C9H9F5N2O. The molecule has 0 amide bonds. The van der Waals surface area contributed by atoms with E-state index in [0.717, 1.165) is 0 Å². The van der Waals surface area contributed by atoms with Crippen LogP contribution in [0.15, 0.2) is 6.07 Å². The molecule has 0 fully saturated rings. The number of pyridine rings is 1. The second-order valence-corrected chi connectivity index (χ2v) is 3.19. The van der Waals surface area contributed by atoms with Crippen molar-refractivity contribution in [1.82, 2.24) is 4.98 Å². The van der Waals surface area contributed by atoms with Crippen LogP contribution in [-0.2, 0) is 19.3 Å². The number of alkyl halides is 5. The normalized spacial score (nSPS) is 12.2. The van der Waals surface area contributed by atoms with Gasteiger partial charge in [0.05, 0.1) is 17.9 Å². The number of aliphatic hydroxyl groups is 1. The van der Waals surface area contributed by atoms with E-state index in [9.17, 15) is 22.0 Å².